The average molecular weight is 542 g/mol. The Balaban J connectivity index is 1.44. The third kappa shape index (κ3) is 4.87. The fraction of sp³-hybridized carbons (Fsp3) is 0.450. The molecule has 0 aromatic carbocycles. The lowest BCUT2D eigenvalue weighted by atomic mass is 10.0. The first-order valence-electron chi connectivity index (χ1n) is 10.5. The zero-order valence-electron chi connectivity index (χ0n) is 18.4. The standard InChI is InChI=1S/C20H23N5O5S4/c1-3-12-18(24(4-2)23-22-12)32-8-11-9-33-19-15(17(27)25(19)16(11)20(28)29)21-13(26)10-34(30)14-6-5-7-31-14/h5-7,15,19H,3-4,8-10H2,1-2H3,(H,21,26)(H,28,29)/t15?,19-,34?/m0/s1. The number of carboxylic acid groups (broad SMARTS) is 1. The summed E-state index contributed by atoms with van der Waals surface area (Å²) in [5.74, 6) is -1.57. The van der Waals surface area contributed by atoms with Crippen molar-refractivity contribution in [3.63, 3.8) is 0 Å². The second-order valence-electron chi connectivity index (χ2n) is 7.43. The monoisotopic (exact) mass is 541 g/mol. The minimum atomic E-state index is -1.48. The van der Waals surface area contributed by atoms with Crippen molar-refractivity contribution in [2.45, 2.75) is 47.5 Å². The number of thioether (sulfide) groups is 2. The Morgan fingerprint density at radius 3 is 2.85 bits per heavy atom. The van der Waals surface area contributed by atoms with Crippen LogP contribution in [0.2, 0.25) is 0 Å². The molecule has 4 heterocycles. The normalized spacial score (nSPS) is 20.7. The molecule has 4 rings (SSSR count). The van der Waals surface area contributed by atoms with Gasteiger partial charge in [0.2, 0.25) is 4.21 Å². The number of rotatable bonds is 10. The third-order valence-electron chi connectivity index (χ3n) is 5.32. The molecule has 0 saturated carbocycles. The van der Waals surface area contributed by atoms with Crippen LogP contribution < -0.4 is 5.32 Å². The van der Waals surface area contributed by atoms with Crippen LogP contribution >= 0.6 is 34.9 Å². The molecule has 3 atom stereocenters. The van der Waals surface area contributed by atoms with Crippen LogP contribution in [0, 0.1) is 0 Å². The summed E-state index contributed by atoms with van der Waals surface area (Å²) in [5.41, 5.74) is 1.47. The second-order valence-corrected chi connectivity index (χ2v) is 12.1. The van der Waals surface area contributed by atoms with E-state index in [1.807, 2.05) is 13.8 Å². The Morgan fingerprint density at radius 2 is 2.21 bits per heavy atom. The first kappa shape index (κ1) is 25.1. The van der Waals surface area contributed by atoms with E-state index in [1.165, 1.54) is 39.8 Å². The summed E-state index contributed by atoms with van der Waals surface area (Å²) in [6, 6.07) is 2.61. The van der Waals surface area contributed by atoms with E-state index in [0.29, 0.717) is 34.3 Å². The molecule has 14 heteroatoms. The fourth-order valence-electron chi connectivity index (χ4n) is 3.68. The molecule has 1 fully saturated rings. The van der Waals surface area contributed by atoms with Crippen LogP contribution in [0.4, 0.5) is 0 Å². The van der Waals surface area contributed by atoms with Crippen molar-refractivity contribution < 1.29 is 24.0 Å². The first-order chi connectivity index (χ1) is 16.3. The van der Waals surface area contributed by atoms with Crippen molar-refractivity contribution in [2.24, 2.45) is 0 Å². The van der Waals surface area contributed by atoms with Crippen LogP contribution in [0.1, 0.15) is 19.5 Å². The van der Waals surface area contributed by atoms with E-state index < -0.39 is 40.4 Å². The summed E-state index contributed by atoms with van der Waals surface area (Å²) in [4.78, 5) is 38.6. The van der Waals surface area contributed by atoms with Gasteiger partial charge < -0.3 is 15.0 Å². The van der Waals surface area contributed by atoms with Crippen molar-refractivity contribution in [3.8, 4) is 0 Å². The number of thiophene rings is 1. The minimum Gasteiger partial charge on any atom is -0.610 e. The van der Waals surface area contributed by atoms with E-state index in [0.717, 1.165) is 10.7 Å². The van der Waals surface area contributed by atoms with Crippen LogP contribution in [-0.4, -0.2) is 76.0 Å². The number of carboxylic acids is 1. The predicted octanol–water partition coefficient (Wildman–Crippen LogP) is 1.56. The van der Waals surface area contributed by atoms with Gasteiger partial charge >= 0.3 is 5.97 Å². The van der Waals surface area contributed by atoms with Gasteiger partial charge in [-0.25, -0.2) is 9.48 Å². The fourth-order valence-corrected chi connectivity index (χ4v) is 8.28. The van der Waals surface area contributed by atoms with Crippen LogP contribution in [0.3, 0.4) is 0 Å². The van der Waals surface area contributed by atoms with Crippen LogP contribution in [-0.2, 0) is 38.5 Å². The van der Waals surface area contributed by atoms with Gasteiger partial charge in [-0.1, -0.05) is 23.5 Å². The molecule has 2 N–H and O–H groups in total. The zero-order valence-corrected chi connectivity index (χ0v) is 21.7. The summed E-state index contributed by atoms with van der Waals surface area (Å²) < 4.78 is 14.6. The van der Waals surface area contributed by atoms with E-state index in [9.17, 15) is 24.0 Å². The Bertz CT molecular complexity index is 1100. The quantitative estimate of drug-likeness (QED) is 0.260. The van der Waals surface area contributed by atoms with E-state index in [2.05, 4.69) is 15.6 Å². The summed E-state index contributed by atoms with van der Waals surface area (Å²) in [7, 11) is 0. The number of amides is 2. The second kappa shape index (κ2) is 10.7. The van der Waals surface area contributed by atoms with Gasteiger partial charge in [0.1, 0.15) is 22.1 Å². The van der Waals surface area contributed by atoms with Crippen LogP contribution in [0.25, 0.3) is 0 Å². The predicted molar refractivity (Wildman–Crippen MR) is 131 cm³/mol. The first-order valence-corrected chi connectivity index (χ1v) is 14.7. The highest BCUT2D eigenvalue weighted by Crippen LogP contribution is 2.41. The number of nitrogens with one attached hydrogen (secondary N) is 1. The number of carbonyl (C=O) groups excluding carboxylic acids is 2. The lowest BCUT2D eigenvalue weighted by Crippen LogP contribution is -2.70. The van der Waals surface area contributed by atoms with Gasteiger partial charge in [0, 0.05) is 35.3 Å². The number of carbonyl (C=O) groups is 3. The maximum Gasteiger partial charge on any atom is 0.352 e. The number of β-lactam (4-membered cyclic amide) rings is 1. The third-order valence-corrected chi connectivity index (χ3v) is 10.5. The number of hydrogen-bond acceptors (Lipinski definition) is 9. The van der Waals surface area contributed by atoms with Crippen molar-refractivity contribution in [1.29, 1.82) is 0 Å². The number of fused-ring (bicyclic) bond motifs is 1. The number of nitrogens with zero attached hydrogens (tertiary/aromatic N) is 4. The van der Waals surface area contributed by atoms with E-state index in [4.69, 9.17) is 0 Å². The van der Waals surface area contributed by atoms with E-state index in [1.54, 1.807) is 22.2 Å². The van der Waals surface area contributed by atoms with Gasteiger partial charge in [-0.3, -0.25) is 14.5 Å². The molecule has 0 bridgehead atoms. The Labute approximate surface area is 211 Å². The molecular formula is C20H23N5O5S4. The molecule has 2 unspecified atom stereocenters. The van der Waals surface area contributed by atoms with Gasteiger partial charge in [-0.2, -0.15) is 0 Å². The highest BCUT2D eigenvalue weighted by Gasteiger charge is 2.54. The minimum absolute atomic E-state index is 0.0255. The molecule has 2 aliphatic heterocycles. The van der Waals surface area contributed by atoms with Gasteiger partial charge in [0.15, 0.2) is 5.75 Å². The van der Waals surface area contributed by atoms with Crippen molar-refractivity contribution in [2.75, 3.05) is 17.3 Å². The molecule has 10 nitrogen and oxygen atoms in total. The Kier molecular flexibility index (Phi) is 7.92. The molecule has 0 radical (unpaired) electrons. The summed E-state index contributed by atoms with van der Waals surface area (Å²) in [6.07, 6.45) is 0.716. The highest BCUT2D eigenvalue weighted by molar-refractivity contribution is 8.01. The number of aryl methyl sites for hydroxylation is 2. The molecule has 1 saturated heterocycles. The summed E-state index contributed by atoms with van der Waals surface area (Å²) in [5, 5.41) is 23.0. The Hall–Kier alpha value is -2.00. The van der Waals surface area contributed by atoms with Gasteiger partial charge in [-0.05, 0) is 30.4 Å². The van der Waals surface area contributed by atoms with Gasteiger partial charge in [0.25, 0.3) is 11.8 Å². The smallest absolute Gasteiger partial charge is 0.352 e. The van der Waals surface area contributed by atoms with E-state index in [-0.39, 0.29) is 11.4 Å². The molecule has 2 aromatic heterocycles. The Morgan fingerprint density at radius 1 is 1.41 bits per heavy atom. The highest BCUT2D eigenvalue weighted by atomic mass is 32.2. The lowest BCUT2D eigenvalue weighted by molar-refractivity contribution is -0.150. The van der Waals surface area contributed by atoms with Gasteiger partial charge in [-0.15, -0.1) is 28.6 Å². The number of hydrogen-bond donors (Lipinski definition) is 2. The molecule has 0 aliphatic carbocycles. The van der Waals surface area contributed by atoms with Crippen molar-refractivity contribution in [3.05, 3.63) is 34.5 Å². The molecule has 2 aromatic rings. The molecule has 182 valence electrons. The SMILES string of the molecule is CCc1nnn(CC)c1SCC1=C(C(=O)O)N2C(=O)C(NC(=O)C[S+]([O-])c3cccs3)[C@@H]2SC1. The maximum atomic E-state index is 12.8. The van der Waals surface area contributed by atoms with E-state index >= 15 is 0 Å². The maximum absolute atomic E-state index is 12.8. The topological polar surface area (TPSA) is 140 Å². The van der Waals surface area contributed by atoms with Crippen molar-refractivity contribution >= 4 is 63.8 Å². The molecule has 2 aliphatic rings. The molecule has 0 spiro atoms. The molecule has 2 amide bonds. The average Bonchev–Trinajstić information content (AvgIpc) is 3.50. The van der Waals surface area contributed by atoms with Crippen LogP contribution in [0.5, 0.6) is 0 Å². The largest absolute Gasteiger partial charge is 0.610 e. The lowest BCUT2D eigenvalue weighted by Gasteiger charge is -2.49. The number of aromatic nitrogens is 3. The molecule has 34 heavy (non-hydrogen) atoms. The molecular weight excluding hydrogens is 519 g/mol. The summed E-state index contributed by atoms with van der Waals surface area (Å²) >= 11 is 2.69. The van der Waals surface area contributed by atoms with Crippen LogP contribution in [0.15, 0.2) is 38.0 Å². The number of aliphatic carboxylic acids is 1. The zero-order chi connectivity index (χ0) is 24.4. The van der Waals surface area contributed by atoms with Gasteiger partial charge in [0.05, 0.1) is 5.69 Å². The summed E-state index contributed by atoms with van der Waals surface area (Å²) in [6.45, 7) is 4.60. The van der Waals surface area contributed by atoms with Crippen molar-refractivity contribution in [1.82, 2.24) is 25.2 Å².